The summed E-state index contributed by atoms with van der Waals surface area (Å²) in [4.78, 5) is 31.2. The van der Waals surface area contributed by atoms with Crippen LogP contribution >= 0.6 is 11.6 Å². The number of benzene rings is 3. The van der Waals surface area contributed by atoms with Crippen LogP contribution in [0.25, 0.3) is 16.7 Å². The first-order chi connectivity index (χ1) is 17.0. The fraction of sp³-hybridized carbons (Fsp3) is 0.143. The molecular weight excluding hydrogens is 464 g/mol. The lowest BCUT2D eigenvalue weighted by Crippen LogP contribution is -2.31. The number of aromatic nitrogens is 1. The quantitative estimate of drug-likeness (QED) is 0.214. The Balaban J connectivity index is 1.57. The van der Waals surface area contributed by atoms with Crippen molar-refractivity contribution in [2.24, 2.45) is 0 Å². The zero-order chi connectivity index (χ0) is 24.5. The summed E-state index contributed by atoms with van der Waals surface area (Å²) < 4.78 is 5.19. The predicted octanol–water partition coefficient (Wildman–Crippen LogP) is 5.49. The van der Waals surface area contributed by atoms with Gasteiger partial charge in [-0.25, -0.2) is 0 Å². The van der Waals surface area contributed by atoms with Crippen LogP contribution in [-0.2, 0) is 16.0 Å². The van der Waals surface area contributed by atoms with E-state index in [-0.39, 0.29) is 17.9 Å². The van der Waals surface area contributed by atoms with Gasteiger partial charge in [0, 0.05) is 34.2 Å². The van der Waals surface area contributed by atoms with E-state index in [2.05, 4.69) is 4.98 Å². The van der Waals surface area contributed by atoms with Crippen molar-refractivity contribution in [2.45, 2.75) is 12.5 Å². The van der Waals surface area contributed by atoms with Crippen LogP contribution in [0.2, 0.25) is 5.02 Å². The van der Waals surface area contributed by atoms with Gasteiger partial charge in [0.05, 0.1) is 18.7 Å². The minimum absolute atomic E-state index is 0.0205. The fourth-order valence-electron chi connectivity index (χ4n) is 4.61. The molecule has 0 radical (unpaired) electrons. The second-order valence-electron chi connectivity index (χ2n) is 8.35. The van der Waals surface area contributed by atoms with Crippen molar-refractivity contribution < 1.29 is 19.4 Å². The van der Waals surface area contributed by atoms with Crippen LogP contribution in [0.1, 0.15) is 22.7 Å². The van der Waals surface area contributed by atoms with Crippen LogP contribution in [0, 0.1) is 0 Å². The van der Waals surface area contributed by atoms with Crippen molar-refractivity contribution in [3.8, 4) is 5.75 Å². The number of likely N-dealkylation sites (tertiary alicyclic amines) is 1. The van der Waals surface area contributed by atoms with E-state index in [1.54, 1.807) is 55.6 Å². The smallest absolute Gasteiger partial charge is 0.295 e. The molecule has 7 heteroatoms. The van der Waals surface area contributed by atoms with E-state index < -0.39 is 17.7 Å². The molecule has 0 bridgehead atoms. The first-order valence-corrected chi connectivity index (χ1v) is 11.6. The molecule has 1 aliphatic rings. The number of carbonyl (C=O) groups is 2. The summed E-state index contributed by atoms with van der Waals surface area (Å²) in [7, 11) is 1.55. The highest BCUT2D eigenvalue weighted by atomic mass is 35.5. The molecule has 0 spiro atoms. The van der Waals surface area contributed by atoms with Crippen LogP contribution in [0.5, 0.6) is 5.75 Å². The van der Waals surface area contributed by atoms with Gasteiger partial charge >= 0.3 is 0 Å². The molecule has 1 aromatic heterocycles. The van der Waals surface area contributed by atoms with Crippen molar-refractivity contribution >= 4 is 40.0 Å². The number of carbonyl (C=O) groups excluding carboxylic acids is 2. The van der Waals surface area contributed by atoms with E-state index in [4.69, 9.17) is 16.3 Å². The van der Waals surface area contributed by atoms with E-state index >= 15 is 0 Å². The lowest BCUT2D eigenvalue weighted by molar-refractivity contribution is -0.139. The molecule has 1 aliphatic heterocycles. The van der Waals surface area contributed by atoms with Crippen molar-refractivity contribution in [1.82, 2.24) is 9.88 Å². The van der Waals surface area contributed by atoms with E-state index in [9.17, 15) is 14.7 Å². The molecule has 3 aromatic carbocycles. The molecule has 5 rings (SSSR count). The van der Waals surface area contributed by atoms with Crippen LogP contribution in [0.4, 0.5) is 0 Å². The number of aliphatic hydroxyl groups excluding tert-OH is 1. The van der Waals surface area contributed by atoms with Gasteiger partial charge in [0.15, 0.2) is 0 Å². The van der Waals surface area contributed by atoms with Crippen LogP contribution < -0.4 is 4.74 Å². The third kappa shape index (κ3) is 4.06. The number of amides is 1. The number of ether oxygens (including phenoxy) is 1. The highest BCUT2D eigenvalue weighted by molar-refractivity contribution is 6.47. The first kappa shape index (κ1) is 22.7. The Morgan fingerprint density at radius 2 is 1.74 bits per heavy atom. The van der Waals surface area contributed by atoms with E-state index in [0.29, 0.717) is 28.3 Å². The molecule has 0 saturated carbocycles. The normalized spacial score (nSPS) is 17.3. The van der Waals surface area contributed by atoms with Crippen molar-refractivity contribution in [3.63, 3.8) is 0 Å². The lowest BCUT2D eigenvalue weighted by atomic mass is 9.95. The first-order valence-electron chi connectivity index (χ1n) is 11.2. The Bertz CT molecular complexity index is 1460. The van der Waals surface area contributed by atoms with Gasteiger partial charge in [0.25, 0.3) is 11.7 Å². The number of methoxy groups -OCH3 is 1. The summed E-state index contributed by atoms with van der Waals surface area (Å²) >= 11 is 6.52. The monoisotopic (exact) mass is 486 g/mol. The number of hydrogen-bond donors (Lipinski definition) is 2. The summed E-state index contributed by atoms with van der Waals surface area (Å²) in [6.45, 7) is 0.279. The zero-order valence-electron chi connectivity index (χ0n) is 19.0. The maximum absolute atomic E-state index is 13.2. The molecule has 2 N–H and O–H groups in total. The van der Waals surface area contributed by atoms with E-state index in [0.717, 1.165) is 16.5 Å². The van der Waals surface area contributed by atoms with Crippen LogP contribution in [-0.4, -0.2) is 40.3 Å². The predicted molar refractivity (Wildman–Crippen MR) is 135 cm³/mol. The van der Waals surface area contributed by atoms with Crippen molar-refractivity contribution in [3.05, 3.63) is 106 Å². The molecule has 6 nitrogen and oxygen atoms in total. The van der Waals surface area contributed by atoms with Crippen molar-refractivity contribution in [1.29, 1.82) is 0 Å². The number of rotatable bonds is 6. The third-order valence-corrected chi connectivity index (χ3v) is 6.74. The molecule has 0 unspecified atom stereocenters. The fourth-order valence-corrected chi connectivity index (χ4v) is 4.85. The number of ketones is 1. The molecule has 1 fully saturated rings. The average Bonchev–Trinajstić information content (AvgIpc) is 3.41. The summed E-state index contributed by atoms with van der Waals surface area (Å²) in [5.74, 6) is -1.03. The molecule has 1 atom stereocenters. The van der Waals surface area contributed by atoms with Crippen LogP contribution in [0.15, 0.2) is 84.6 Å². The van der Waals surface area contributed by atoms with Gasteiger partial charge < -0.3 is 19.7 Å². The molecule has 1 saturated heterocycles. The number of nitrogens with zero attached hydrogens (tertiary/aromatic N) is 1. The minimum atomic E-state index is -0.809. The number of fused-ring (bicyclic) bond motifs is 1. The largest absolute Gasteiger partial charge is 0.507 e. The van der Waals surface area contributed by atoms with E-state index in [1.807, 2.05) is 30.5 Å². The summed E-state index contributed by atoms with van der Waals surface area (Å²) in [6.07, 6.45) is 2.45. The number of nitrogens with one attached hydrogen (secondary N) is 1. The van der Waals surface area contributed by atoms with Gasteiger partial charge in [-0.3, -0.25) is 9.59 Å². The third-order valence-electron chi connectivity index (χ3n) is 6.40. The Hall–Kier alpha value is -4.03. The number of hydrogen-bond acceptors (Lipinski definition) is 4. The summed E-state index contributed by atoms with van der Waals surface area (Å²) in [5.41, 5.74) is 3.06. The molecule has 176 valence electrons. The SMILES string of the molecule is COc1ccc(/C(O)=C2\C(=O)C(=O)N(CCc3c[nH]c4ccccc34)[C@@H]2c2ccccc2Cl)cc1. The Morgan fingerprint density at radius 3 is 2.49 bits per heavy atom. The van der Waals surface area contributed by atoms with Gasteiger partial charge in [-0.05, 0) is 53.9 Å². The average molecular weight is 487 g/mol. The van der Waals surface area contributed by atoms with Crippen molar-refractivity contribution in [2.75, 3.05) is 13.7 Å². The molecule has 35 heavy (non-hydrogen) atoms. The second-order valence-corrected chi connectivity index (χ2v) is 8.76. The Labute approximate surface area is 207 Å². The zero-order valence-corrected chi connectivity index (χ0v) is 19.8. The standard InChI is InChI=1S/C28H23ClN2O4/c1-35-19-12-10-17(11-13-19)26(32)24-25(21-7-2-4-8-22(21)29)31(28(34)27(24)33)15-14-18-16-30-23-9-5-3-6-20(18)23/h2-13,16,25,30,32H,14-15H2,1H3/b26-24+/t25-/m1/s1. The topological polar surface area (TPSA) is 82.6 Å². The van der Waals surface area contributed by atoms with Gasteiger partial charge in [-0.15, -0.1) is 0 Å². The summed E-state index contributed by atoms with van der Waals surface area (Å²) in [5, 5.41) is 12.7. The molecule has 4 aromatic rings. The number of aromatic amines is 1. The number of halogens is 1. The summed E-state index contributed by atoms with van der Waals surface area (Å²) in [6, 6.07) is 20.9. The van der Waals surface area contributed by atoms with Gasteiger partial charge in [-0.2, -0.15) is 0 Å². The molecule has 0 aliphatic carbocycles. The molecule has 2 heterocycles. The number of para-hydroxylation sites is 1. The highest BCUT2D eigenvalue weighted by Gasteiger charge is 2.46. The van der Waals surface area contributed by atoms with Gasteiger partial charge in [-0.1, -0.05) is 48.0 Å². The number of Topliss-reactive ketones (excluding diaryl/α,β-unsaturated/α-hetero) is 1. The van der Waals surface area contributed by atoms with Gasteiger partial charge in [0.1, 0.15) is 11.5 Å². The lowest BCUT2D eigenvalue weighted by Gasteiger charge is -2.26. The highest BCUT2D eigenvalue weighted by Crippen LogP contribution is 2.42. The molecule has 1 amide bonds. The van der Waals surface area contributed by atoms with Gasteiger partial charge in [0.2, 0.25) is 0 Å². The maximum Gasteiger partial charge on any atom is 0.295 e. The Morgan fingerprint density at radius 1 is 1.03 bits per heavy atom. The maximum atomic E-state index is 13.2. The molecular formula is C28H23ClN2O4. The van der Waals surface area contributed by atoms with Crippen LogP contribution in [0.3, 0.4) is 0 Å². The Kier molecular flexibility index (Phi) is 6.05. The second kappa shape index (κ2) is 9.31. The number of H-pyrrole nitrogens is 1. The van der Waals surface area contributed by atoms with E-state index in [1.165, 1.54) is 4.90 Å². The minimum Gasteiger partial charge on any atom is -0.507 e. The number of aliphatic hydroxyl groups is 1.